The molecule has 0 amide bonds. The third-order valence-electron chi connectivity index (χ3n) is 3.55. The average molecular weight is 291 g/mol. The van der Waals surface area contributed by atoms with Gasteiger partial charge in [-0.2, -0.15) is 5.10 Å². The van der Waals surface area contributed by atoms with Gasteiger partial charge >= 0.3 is 0 Å². The molecule has 20 heavy (non-hydrogen) atoms. The predicted octanol–water partition coefficient (Wildman–Crippen LogP) is 2.88. The van der Waals surface area contributed by atoms with Crippen molar-refractivity contribution in [1.29, 1.82) is 0 Å². The van der Waals surface area contributed by atoms with Gasteiger partial charge in [0, 0.05) is 16.8 Å². The maximum Gasteiger partial charge on any atom is 0.138 e. The fourth-order valence-electron chi connectivity index (χ4n) is 2.45. The Balaban J connectivity index is 2.41. The molecule has 0 radical (unpaired) electrons. The first kappa shape index (κ1) is 14.7. The first-order chi connectivity index (χ1) is 9.45. The van der Waals surface area contributed by atoms with Crippen LogP contribution in [-0.4, -0.2) is 14.8 Å². The van der Waals surface area contributed by atoms with Gasteiger partial charge < -0.3 is 5.73 Å². The fraction of sp³-hybridized carbons (Fsp3) is 0.333. The van der Waals surface area contributed by atoms with Gasteiger partial charge in [-0.15, -0.1) is 0 Å². The van der Waals surface area contributed by atoms with E-state index in [1.165, 1.54) is 5.56 Å². The summed E-state index contributed by atoms with van der Waals surface area (Å²) in [7, 11) is 0. The molecule has 0 bridgehead atoms. The summed E-state index contributed by atoms with van der Waals surface area (Å²) in [5.74, 6) is -0.356. The first-order valence-corrected chi connectivity index (χ1v) is 6.96. The standard InChI is InChI=1S/C15H18FN3S/c1-4-12-9(2)18-19(10(12)3)8-11-6-5-7-13(14(11)16)15(17)20/h5-7H,4,8H2,1-3H3,(H2,17,20). The zero-order valence-corrected chi connectivity index (χ0v) is 12.7. The smallest absolute Gasteiger partial charge is 0.138 e. The SMILES string of the molecule is CCc1c(C)nn(Cc2cccc(C(N)=S)c2F)c1C. The van der Waals surface area contributed by atoms with Crippen LogP contribution in [0.5, 0.6) is 0 Å². The van der Waals surface area contributed by atoms with Crippen LogP contribution in [0.15, 0.2) is 18.2 Å². The number of nitrogens with two attached hydrogens (primary N) is 1. The lowest BCUT2D eigenvalue weighted by Crippen LogP contribution is -2.14. The number of benzene rings is 1. The third-order valence-corrected chi connectivity index (χ3v) is 3.77. The minimum atomic E-state index is -0.356. The minimum Gasteiger partial charge on any atom is -0.389 e. The van der Waals surface area contributed by atoms with Crippen LogP contribution in [0.1, 0.15) is 35.0 Å². The van der Waals surface area contributed by atoms with Crippen molar-refractivity contribution >= 4 is 17.2 Å². The number of rotatable bonds is 4. The molecule has 0 atom stereocenters. The zero-order valence-electron chi connectivity index (χ0n) is 11.9. The van der Waals surface area contributed by atoms with Crippen molar-refractivity contribution in [2.75, 3.05) is 0 Å². The van der Waals surface area contributed by atoms with Crippen LogP contribution in [0.4, 0.5) is 4.39 Å². The number of hydrogen-bond donors (Lipinski definition) is 1. The molecule has 2 rings (SSSR count). The zero-order chi connectivity index (χ0) is 14.9. The Morgan fingerprint density at radius 3 is 2.65 bits per heavy atom. The molecular weight excluding hydrogens is 273 g/mol. The second-order valence-electron chi connectivity index (χ2n) is 4.80. The van der Waals surface area contributed by atoms with E-state index < -0.39 is 0 Å². The van der Waals surface area contributed by atoms with Crippen molar-refractivity contribution in [2.24, 2.45) is 5.73 Å². The van der Waals surface area contributed by atoms with E-state index in [2.05, 4.69) is 12.0 Å². The summed E-state index contributed by atoms with van der Waals surface area (Å²) in [6, 6.07) is 5.10. The predicted molar refractivity (Wildman–Crippen MR) is 82.5 cm³/mol. The molecule has 2 N–H and O–H groups in total. The molecule has 0 aliphatic rings. The monoisotopic (exact) mass is 291 g/mol. The molecular formula is C15H18FN3S. The molecule has 1 aromatic heterocycles. The normalized spacial score (nSPS) is 10.8. The van der Waals surface area contributed by atoms with Crippen molar-refractivity contribution in [1.82, 2.24) is 9.78 Å². The second kappa shape index (κ2) is 5.71. The summed E-state index contributed by atoms with van der Waals surface area (Å²) in [4.78, 5) is 0.0759. The Bertz CT molecular complexity index is 661. The van der Waals surface area contributed by atoms with Gasteiger partial charge in [0.05, 0.1) is 12.2 Å². The lowest BCUT2D eigenvalue weighted by atomic mass is 10.1. The maximum absolute atomic E-state index is 14.3. The van der Waals surface area contributed by atoms with E-state index >= 15 is 0 Å². The Labute approximate surface area is 123 Å². The molecule has 5 heteroatoms. The van der Waals surface area contributed by atoms with Gasteiger partial charge in [-0.25, -0.2) is 4.39 Å². The summed E-state index contributed by atoms with van der Waals surface area (Å²) in [5, 5.41) is 4.48. The van der Waals surface area contributed by atoms with Gasteiger partial charge in [-0.3, -0.25) is 4.68 Å². The molecule has 1 heterocycles. The van der Waals surface area contributed by atoms with Crippen molar-refractivity contribution in [2.45, 2.75) is 33.7 Å². The summed E-state index contributed by atoms with van der Waals surface area (Å²) in [5.41, 5.74) is 9.65. The van der Waals surface area contributed by atoms with Crippen molar-refractivity contribution in [3.05, 3.63) is 52.1 Å². The van der Waals surface area contributed by atoms with E-state index in [0.29, 0.717) is 12.1 Å². The van der Waals surface area contributed by atoms with Crippen molar-refractivity contribution in [3.8, 4) is 0 Å². The van der Waals surface area contributed by atoms with Crippen molar-refractivity contribution < 1.29 is 4.39 Å². The summed E-state index contributed by atoms with van der Waals surface area (Å²) in [6.07, 6.45) is 0.924. The number of aromatic nitrogens is 2. The molecule has 0 saturated heterocycles. The molecule has 0 fully saturated rings. The molecule has 0 saturated carbocycles. The van der Waals surface area contributed by atoms with E-state index in [1.807, 2.05) is 18.5 Å². The van der Waals surface area contributed by atoms with E-state index in [0.717, 1.165) is 17.8 Å². The Morgan fingerprint density at radius 1 is 1.40 bits per heavy atom. The van der Waals surface area contributed by atoms with E-state index in [9.17, 15) is 4.39 Å². The van der Waals surface area contributed by atoms with Crippen LogP contribution >= 0.6 is 12.2 Å². The Morgan fingerprint density at radius 2 is 2.10 bits per heavy atom. The summed E-state index contributed by atoms with van der Waals surface area (Å²) >= 11 is 4.86. The molecule has 2 aromatic rings. The third kappa shape index (κ3) is 2.58. The van der Waals surface area contributed by atoms with Gasteiger partial charge in [0.15, 0.2) is 0 Å². The number of thiocarbonyl (C=S) groups is 1. The van der Waals surface area contributed by atoms with Gasteiger partial charge in [0.25, 0.3) is 0 Å². The molecule has 0 aliphatic heterocycles. The van der Waals surface area contributed by atoms with Crippen LogP contribution in [0, 0.1) is 19.7 Å². The number of aryl methyl sites for hydroxylation is 1. The maximum atomic E-state index is 14.3. The van der Waals surface area contributed by atoms with E-state index in [4.69, 9.17) is 18.0 Å². The molecule has 0 aliphatic carbocycles. The molecule has 106 valence electrons. The lowest BCUT2D eigenvalue weighted by molar-refractivity contribution is 0.577. The van der Waals surface area contributed by atoms with Crippen LogP contribution in [0.2, 0.25) is 0 Å². The highest BCUT2D eigenvalue weighted by Crippen LogP contribution is 2.18. The van der Waals surface area contributed by atoms with Crippen LogP contribution in [0.3, 0.4) is 0 Å². The Kier molecular flexibility index (Phi) is 4.18. The second-order valence-corrected chi connectivity index (χ2v) is 5.24. The summed E-state index contributed by atoms with van der Waals surface area (Å²) < 4.78 is 16.2. The highest BCUT2D eigenvalue weighted by atomic mass is 32.1. The van der Waals surface area contributed by atoms with Crippen LogP contribution < -0.4 is 5.73 Å². The average Bonchev–Trinajstić information content (AvgIpc) is 2.66. The molecule has 3 nitrogen and oxygen atoms in total. The fourth-order valence-corrected chi connectivity index (χ4v) is 2.61. The topological polar surface area (TPSA) is 43.8 Å². The summed E-state index contributed by atoms with van der Waals surface area (Å²) in [6.45, 7) is 6.46. The largest absolute Gasteiger partial charge is 0.389 e. The first-order valence-electron chi connectivity index (χ1n) is 6.55. The number of halogens is 1. The number of nitrogens with zero attached hydrogens (tertiary/aromatic N) is 2. The van der Waals surface area contributed by atoms with Crippen LogP contribution in [0.25, 0.3) is 0 Å². The molecule has 0 unspecified atom stereocenters. The molecule has 1 aromatic carbocycles. The lowest BCUT2D eigenvalue weighted by Gasteiger charge is -2.09. The van der Waals surface area contributed by atoms with Crippen molar-refractivity contribution in [3.63, 3.8) is 0 Å². The van der Waals surface area contributed by atoms with E-state index in [-0.39, 0.29) is 16.4 Å². The van der Waals surface area contributed by atoms with Gasteiger partial charge in [0.1, 0.15) is 10.8 Å². The van der Waals surface area contributed by atoms with E-state index in [1.54, 1.807) is 18.2 Å². The highest BCUT2D eigenvalue weighted by molar-refractivity contribution is 7.80. The highest BCUT2D eigenvalue weighted by Gasteiger charge is 2.14. The van der Waals surface area contributed by atoms with Gasteiger partial charge in [-0.1, -0.05) is 31.3 Å². The van der Waals surface area contributed by atoms with Gasteiger partial charge in [-0.05, 0) is 31.9 Å². The van der Waals surface area contributed by atoms with Crippen LogP contribution in [-0.2, 0) is 13.0 Å². The minimum absolute atomic E-state index is 0.0759. The number of hydrogen-bond acceptors (Lipinski definition) is 2. The van der Waals surface area contributed by atoms with Gasteiger partial charge in [0.2, 0.25) is 0 Å². The Hall–Kier alpha value is -1.75. The molecule has 0 spiro atoms. The quantitative estimate of drug-likeness (QED) is 0.881.